The SMILES string of the molecule is Nc1ccc2cccc(C(O)CS(=O)(=O)CC(O)c3cccc4ccc(N)cc34)c2c1. The van der Waals surface area contributed by atoms with E-state index >= 15 is 0 Å². The first-order valence-corrected chi connectivity index (χ1v) is 11.7. The van der Waals surface area contributed by atoms with Crippen molar-refractivity contribution in [3.05, 3.63) is 83.9 Å². The lowest BCUT2D eigenvalue weighted by atomic mass is 10.0. The molecule has 0 saturated carbocycles. The van der Waals surface area contributed by atoms with Gasteiger partial charge in [0, 0.05) is 11.4 Å². The predicted octanol–water partition coefficient (Wildman–Crippen LogP) is 3.34. The van der Waals surface area contributed by atoms with Crippen molar-refractivity contribution in [1.82, 2.24) is 0 Å². The minimum atomic E-state index is -3.80. The van der Waals surface area contributed by atoms with Gasteiger partial charge in [-0.2, -0.15) is 0 Å². The van der Waals surface area contributed by atoms with Gasteiger partial charge in [-0.25, -0.2) is 8.42 Å². The Morgan fingerprint density at radius 2 is 1.10 bits per heavy atom. The number of hydrogen-bond acceptors (Lipinski definition) is 6. The van der Waals surface area contributed by atoms with Crippen LogP contribution in [0.15, 0.2) is 72.8 Å². The van der Waals surface area contributed by atoms with Crippen molar-refractivity contribution < 1.29 is 18.6 Å². The van der Waals surface area contributed by atoms with E-state index in [1.165, 1.54) is 0 Å². The molecule has 4 aromatic carbocycles. The van der Waals surface area contributed by atoms with Gasteiger partial charge in [-0.15, -0.1) is 0 Å². The van der Waals surface area contributed by atoms with Crippen molar-refractivity contribution in [2.75, 3.05) is 23.0 Å². The summed E-state index contributed by atoms with van der Waals surface area (Å²) in [5, 5.41) is 24.6. The van der Waals surface area contributed by atoms with E-state index < -0.39 is 33.6 Å². The Morgan fingerprint density at radius 1 is 0.677 bits per heavy atom. The van der Waals surface area contributed by atoms with E-state index in [2.05, 4.69) is 0 Å². The summed E-state index contributed by atoms with van der Waals surface area (Å²) in [6, 6.07) is 21.2. The molecule has 2 unspecified atom stereocenters. The van der Waals surface area contributed by atoms with Crippen LogP contribution in [0.3, 0.4) is 0 Å². The van der Waals surface area contributed by atoms with Gasteiger partial charge in [0.1, 0.15) is 0 Å². The summed E-state index contributed by atoms with van der Waals surface area (Å²) in [5.74, 6) is -1.02. The Kier molecular flexibility index (Phi) is 5.58. The third-order valence-corrected chi connectivity index (χ3v) is 7.07. The fourth-order valence-electron chi connectivity index (χ4n) is 3.94. The summed E-state index contributed by atoms with van der Waals surface area (Å²) in [7, 11) is -3.80. The number of rotatable bonds is 6. The van der Waals surface area contributed by atoms with Crippen molar-refractivity contribution in [1.29, 1.82) is 0 Å². The van der Waals surface area contributed by atoms with Gasteiger partial charge in [-0.1, -0.05) is 48.5 Å². The number of sulfone groups is 1. The maximum atomic E-state index is 12.8. The van der Waals surface area contributed by atoms with Gasteiger partial charge in [0.2, 0.25) is 0 Å². The molecule has 31 heavy (non-hydrogen) atoms. The molecular weight excluding hydrogens is 412 g/mol. The molecule has 0 saturated heterocycles. The van der Waals surface area contributed by atoms with Crippen LogP contribution in [0, 0.1) is 0 Å². The van der Waals surface area contributed by atoms with Crippen LogP contribution < -0.4 is 11.5 Å². The number of aliphatic hydroxyl groups is 2. The van der Waals surface area contributed by atoms with Crippen molar-refractivity contribution in [2.24, 2.45) is 0 Å². The van der Waals surface area contributed by atoms with E-state index in [0.717, 1.165) is 10.8 Å². The van der Waals surface area contributed by atoms with Gasteiger partial charge >= 0.3 is 0 Å². The van der Waals surface area contributed by atoms with Crippen LogP contribution in [0.25, 0.3) is 21.5 Å². The monoisotopic (exact) mass is 436 g/mol. The van der Waals surface area contributed by atoms with Gasteiger partial charge < -0.3 is 21.7 Å². The van der Waals surface area contributed by atoms with Crippen molar-refractivity contribution in [2.45, 2.75) is 12.2 Å². The molecule has 0 fully saturated rings. The zero-order valence-electron chi connectivity index (χ0n) is 16.8. The molecule has 0 spiro atoms. The van der Waals surface area contributed by atoms with E-state index in [-0.39, 0.29) is 0 Å². The number of benzene rings is 4. The molecule has 160 valence electrons. The van der Waals surface area contributed by atoms with Gasteiger partial charge in [0.15, 0.2) is 9.84 Å². The second-order valence-electron chi connectivity index (χ2n) is 7.76. The summed E-state index contributed by atoms with van der Waals surface area (Å²) >= 11 is 0. The summed E-state index contributed by atoms with van der Waals surface area (Å²) in [6.07, 6.45) is -2.49. The van der Waals surface area contributed by atoms with Crippen LogP contribution in [0.5, 0.6) is 0 Å². The molecule has 0 aliphatic rings. The minimum absolute atomic E-state index is 0.487. The summed E-state index contributed by atoms with van der Waals surface area (Å²) in [6.45, 7) is 0. The summed E-state index contributed by atoms with van der Waals surface area (Å²) in [5.41, 5.74) is 13.8. The lowest BCUT2D eigenvalue weighted by Crippen LogP contribution is -2.22. The van der Waals surface area contributed by atoms with E-state index in [9.17, 15) is 18.6 Å². The Morgan fingerprint density at radius 3 is 1.52 bits per heavy atom. The molecule has 6 nitrogen and oxygen atoms in total. The normalized spacial score (nSPS) is 14.0. The number of hydrogen-bond donors (Lipinski definition) is 4. The molecule has 0 aliphatic carbocycles. The zero-order valence-corrected chi connectivity index (χ0v) is 17.6. The summed E-state index contributed by atoms with van der Waals surface area (Å²) < 4.78 is 25.7. The Labute approximate surface area is 180 Å². The second kappa shape index (κ2) is 8.19. The maximum absolute atomic E-state index is 12.8. The number of nitrogens with two attached hydrogens (primary N) is 2. The van der Waals surface area contributed by atoms with Gasteiger partial charge in [-0.3, -0.25) is 0 Å². The quantitative estimate of drug-likeness (QED) is 0.343. The van der Waals surface area contributed by atoms with Crippen LogP contribution in [0.2, 0.25) is 0 Å². The topological polar surface area (TPSA) is 127 Å². The number of fused-ring (bicyclic) bond motifs is 2. The molecule has 4 aromatic rings. The molecule has 6 N–H and O–H groups in total. The van der Waals surface area contributed by atoms with Crippen LogP contribution in [-0.4, -0.2) is 30.1 Å². The lowest BCUT2D eigenvalue weighted by molar-refractivity contribution is 0.195. The molecule has 0 heterocycles. The second-order valence-corrected chi connectivity index (χ2v) is 9.92. The molecular formula is C24H24N2O4S. The number of nitrogen functional groups attached to an aromatic ring is 2. The highest BCUT2D eigenvalue weighted by Gasteiger charge is 2.25. The van der Waals surface area contributed by atoms with Gasteiger partial charge in [0.25, 0.3) is 0 Å². The van der Waals surface area contributed by atoms with Crippen LogP contribution in [-0.2, 0) is 9.84 Å². The first kappa shape index (κ1) is 21.1. The van der Waals surface area contributed by atoms with Crippen LogP contribution in [0.4, 0.5) is 11.4 Å². The highest BCUT2D eigenvalue weighted by molar-refractivity contribution is 7.91. The summed E-state index contributed by atoms with van der Waals surface area (Å²) in [4.78, 5) is 0. The molecule has 2 atom stereocenters. The smallest absolute Gasteiger partial charge is 0.156 e. The van der Waals surface area contributed by atoms with Gasteiger partial charge in [-0.05, 0) is 56.9 Å². The van der Waals surface area contributed by atoms with Crippen LogP contribution in [0.1, 0.15) is 23.3 Å². The first-order valence-electron chi connectivity index (χ1n) is 9.86. The lowest BCUT2D eigenvalue weighted by Gasteiger charge is -2.18. The Bertz CT molecular complexity index is 1270. The van der Waals surface area contributed by atoms with Gasteiger partial charge in [0.05, 0.1) is 23.7 Å². The molecule has 0 bridgehead atoms. The standard InChI is InChI=1S/C24H24N2O4S/c25-17-9-7-15-3-1-5-19(21(15)11-17)23(27)13-31(29,30)14-24(28)20-6-2-4-16-8-10-18(26)12-22(16)20/h1-12,23-24,27-28H,13-14,25-26H2. The molecule has 7 heteroatoms. The molecule has 4 rings (SSSR count). The fraction of sp³-hybridized carbons (Fsp3) is 0.167. The highest BCUT2D eigenvalue weighted by Crippen LogP contribution is 2.30. The maximum Gasteiger partial charge on any atom is 0.156 e. The molecule has 0 aliphatic heterocycles. The molecule has 0 radical (unpaired) electrons. The third-order valence-electron chi connectivity index (χ3n) is 5.42. The molecule has 0 aromatic heterocycles. The zero-order chi connectivity index (χ0) is 22.2. The van der Waals surface area contributed by atoms with Crippen molar-refractivity contribution in [3.8, 4) is 0 Å². The first-order chi connectivity index (χ1) is 14.7. The Hall–Kier alpha value is -3.13. The predicted molar refractivity (Wildman–Crippen MR) is 125 cm³/mol. The van der Waals surface area contributed by atoms with Crippen molar-refractivity contribution >= 4 is 42.8 Å². The van der Waals surface area contributed by atoms with Crippen LogP contribution >= 0.6 is 0 Å². The largest absolute Gasteiger partial charge is 0.399 e. The van der Waals surface area contributed by atoms with E-state index in [0.29, 0.717) is 33.3 Å². The minimum Gasteiger partial charge on any atom is -0.399 e. The fourth-order valence-corrected chi connectivity index (χ4v) is 5.40. The van der Waals surface area contributed by atoms with E-state index in [1.54, 1.807) is 48.5 Å². The highest BCUT2D eigenvalue weighted by atomic mass is 32.2. The average Bonchev–Trinajstić information content (AvgIpc) is 2.71. The Balaban J connectivity index is 1.59. The third kappa shape index (κ3) is 4.49. The number of aliphatic hydroxyl groups excluding tert-OH is 2. The van der Waals surface area contributed by atoms with Crippen molar-refractivity contribution in [3.63, 3.8) is 0 Å². The molecule has 0 amide bonds. The number of anilines is 2. The van der Waals surface area contributed by atoms with E-state index in [4.69, 9.17) is 11.5 Å². The van der Waals surface area contributed by atoms with E-state index in [1.807, 2.05) is 24.3 Å². The average molecular weight is 437 g/mol.